The Morgan fingerprint density at radius 2 is 1.74 bits per heavy atom. The number of hydrogen-bond donors (Lipinski definition) is 0. The van der Waals surface area contributed by atoms with Crippen LogP contribution in [0.5, 0.6) is 0 Å². The Labute approximate surface area is 111 Å². The highest BCUT2D eigenvalue weighted by atomic mass is 16.6. The maximum atomic E-state index is 12.1. The number of rotatable bonds is 1. The highest BCUT2D eigenvalue weighted by Crippen LogP contribution is 2.46. The van der Waals surface area contributed by atoms with Crippen LogP contribution >= 0.6 is 0 Å². The monoisotopic (exact) mass is 251 g/mol. The zero-order valence-electron chi connectivity index (χ0n) is 10.3. The largest absolute Gasteiger partial charge is 0.440 e. The number of esters is 1. The predicted octanol–water partition coefficient (Wildman–Crippen LogP) is 2.80. The molecule has 4 rings (SSSR count). The summed E-state index contributed by atoms with van der Waals surface area (Å²) in [7, 11) is 0. The van der Waals surface area contributed by atoms with Gasteiger partial charge in [0.2, 0.25) is 0 Å². The Balaban J connectivity index is 1.76. The lowest BCUT2D eigenvalue weighted by Gasteiger charge is -2.18. The summed E-state index contributed by atoms with van der Waals surface area (Å²) in [5.41, 5.74) is 3.37. The van der Waals surface area contributed by atoms with E-state index in [4.69, 9.17) is 4.74 Å². The van der Waals surface area contributed by atoms with E-state index in [9.17, 15) is 4.79 Å². The molecule has 3 nitrogen and oxygen atoms in total. The van der Waals surface area contributed by atoms with Gasteiger partial charge in [-0.15, -0.1) is 0 Å². The maximum Gasteiger partial charge on any atom is 0.329 e. The zero-order valence-corrected chi connectivity index (χ0v) is 10.3. The van der Waals surface area contributed by atoms with Crippen molar-refractivity contribution in [2.24, 2.45) is 0 Å². The number of nitrogens with zero attached hydrogens (tertiary/aromatic N) is 1. The van der Waals surface area contributed by atoms with Crippen molar-refractivity contribution in [2.45, 2.75) is 18.8 Å². The molecule has 2 aromatic carbocycles. The third kappa shape index (κ3) is 1.52. The van der Waals surface area contributed by atoms with E-state index in [0.717, 1.165) is 17.7 Å². The van der Waals surface area contributed by atoms with Gasteiger partial charge < -0.3 is 4.74 Å². The number of benzene rings is 2. The van der Waals surface area contributed by atoms with Crippen LogP contribution < -0.4 is 0 Å². The third-order valence-corrected chi connectivity index (χ3v) is 3.87. The maximum absolute atomic E-state index is 12.1. The summed E-state index contributed by atoms with van der Waals surface area (Å²) in [6.07, 6.45) is -0.214. The van der Waals surface area contributed by atoms with Gasteiger partial charge in [-0.05, 0) is 11.1 Å². The summed E-state index contributed by atoms with van der Waals surface area (Å²) in [6.45, 7) is 0.770. The second kappa shape index (κ2) is 3.93. The number of hydrogen-bond acceptors (Lipinski definition) is 3. The number of carbonyl (C=O) groups is 1. The average molecular weight is 251 g/mol. The van der Waals surface area contributed by atoms with E-state index < -0.39 is 0 Å². The molecule has 1 saturated heterocycles. The van der Waals surface area contributed by atoms with Crippen molar-refractivity contribution in [3.63, 3.8) is 0 Å². The molecule has 2 aliphatic heterocycles. The van der Waals surface area contributed by atoms with E-state index in [1.807, 2.05) is 48.5 Å². The van der Waals surface area contributed by atoms with Gasteiger partial charge in [-0.2, -0.15) is 0 Å². The fourth-order valence-corrected chi connectivity index (χ4v) is 3.01. The van der Waals surface area contributed by atoms with E-state index >= 15 is 0 Å². The number of ether oxygens (including phenoxy) is 1. The fraction of sp³-hybridized carbons (Fsp3) is 0.188. The molecule has 0 N–H and O–H groups in total. The quantitative estimate of drug-likeness (QED) is 0.730. The van der Waals surface area contributed by atoms with Crippen molar-refractivity contribution in [1.29, 1.82) is 0 Å². The Hall–Kier alpha value is -2.13. The van der Waals surface area contributed by atoms with Crippen LogP contribution in [0.1, 0.15) is 29.0 Å². The third-order valence-electron chi connectivity index (χ3n) is 3.87. The van der Waals surface area contributed by atoms with E-state index in [1.54, 1.807) is 0 Å². The second-order valence-corrected chi connectivity index (χ2v) is 4.97. The van der Waals surface area contributed by atoms with Gasteiger partial charge in [0.1, 0.15) is 6.04 Å². The zero-order chi connectivity index (χ0) is 12.8. The second-order valence-electron chi connectivity index (χ2n) is 4.97. The lowest BCUT2D eigenvalue weighted by atomic mass is 10.1. The summed E-state index contributed by atoms with van der Waals surface area (Å²) in [5.74, 6) is -0.147. The van der Waals surface area contributed by atoms with Gasteiger partial charge in [-0.3, -0.25) is 0 Å². The molecule has 1 unspecified atom stereocenters. The summed E-state index contributed by atoms with van der Waals surface area (Å²) in [5, 5.41) is 0. The lowest BCUT2D eigenvalue weighted by Crippen LogP contribution is -2.22. The first-order chi connectivity index (χ1) is 9.34. The SMILES string of the molecule is O=C1OC2c3ccccc3CN2[C@@H]1c1ccccc1. The molecule has 2 heterocycles. The van der Waals surface area contributed by atoms with Gasteiger partial charge in [0.25, 0.3) is 0 Å². The van der Waals surface area contributed by atoms with Crippen molar-refractivity contribution < 1.29 is 9.53 Å². The molecule has 2 atom stereocenters. The molecule has 0 saturated carbocycles. The lowest BCUT2D eigenvalue weighted by molar-refractivity contribution is -0.142. The Bertz CT molecular complexity index is 638. The molecule has 2 aromatic rings. The smallest absolute Gasteiger partial charge is 0.329 e. The first kappa shape index (κ1) is 10.8. The predicted molar refractivity (Wildman–Crippen MR) is 70.0 cm³/mol. The molecule has 1 fully saturated rings. The molecule has 94 valence electrons. The normalized spacial score (nSPS) is 24.9. The fourth-order valence-electron chi connectivity index (χ4n) is 3.01. The van der Waals surface area contributed by atoms with Crippen LogP contribution in [0.3, 0.4) is 0 Å². The minimum atomic E-state index is -0.279. The van der Waals surface area contributed by atoms with Crippen LogP contribution in [0.15, 0.2) is 54.6 Å². The molecular formula is C16H13NO2. The summed E-state index contributed by atoms with van der Waals surface area (Å²) >= 11 is 0. The molecule has 0 spiro atoms. The average Bonchev–Trinajstić information content (AvgIpc) is 2.94. The van der Waals surface area contributed by atoms with Crippen LogP contribution in [-0.4, -0.2) is 10.9 Å². The molecular weight excluding hydrogens is 238 g/mol. The van der Waals surface area contributed by atoms with Crippen LogP contribution in [0.2, 0.25) is 0 Å². The van der Waals surface area contributed by atoms with Crippen LogP contribution in [-0.2, 0) is 16.1 Å². The highest BCUT2D eigenvalue weighted by molar-refractivity contribution is 5.80. The molecule has 0 amide bonds. The van der Waals surface area contributed by atoms with Crippen molar-refractivity contribution in [1.82, 2.24) is 4.90 Å². The highest BCUT2D eigenvalue weighted by Gasteiger charge is 2.47. The number of fused-ring (bicyclic) bond motifs is 3. The van der Waals surface area contributed by atoms with Gasteiger partial charge in [-0.1, -0.05) is 54.6 Å². The molecule has 0 bridgehead atoms. The molecule has 3 heteroatoms. The van der Waals surface area contributed by atoms with Crippen LogP contribution in [0.4, 0.5) is 0 Å². The Kier molecular flexibility index (Phi) is 2.23. The summed E-state index contributed by atoms with van der Waals surface area (Å²) < 4.78 is 5.57. The number of carbonyl (C=O) groups excluding carboxylic acids is 1. The van der Waals surface area contributed by atoms with Crippen molar-refractivity contribution in [3.05, 3.63) is 71.3 Å². The van der Waals surface area contributed by atoms with Crippen LogP contribution in [0, 0.1) is 0 Å². The standard InChI is InChI=1S/C16H13NO2/c18-16-14(11-6-2-1-3-7-11)17-10-12-8-4-5-9-13(12)15(17)19-16/h1-9,14-15H,10H2/t14-,15?/m1/s1. The van der Waals surface area contributed by atoms with Gasteiger partial charge in [0, 0.05) is 12.1 Å². The van der Waals surface area contributed by atoms with Crippen molar-refractivity contribution in [3.8, 4) is 0 Å². The molecule has 19 heavy (non-hydrogen) atoms. The summed E-state index contributed by atoms with van der Waals surface area (Å²) in [4.78, 5) is 14.3. The van der Waals surface area contributed by atoms with E-state index in [2.05, 4.69) is 11.0 Å². The van der Waals surface area contributed by atoms with E-state index in [-0.39, 0.29) is 18.2 Å². The molecule has 2 aliphatic rings. The molecule has 0 radical (unpaired) electrons. The molecule has 0 aliphatic carbocycles. The van der Waals surface area contributed by atoms with Crippen LogP contribution in [0.25, 0.3) is 0 Å². The van der Waals surface area contributed by atoms with E-state index in [0.29, 0.717) is 0 Å². The Morgan fingerprint density at radius 3 is 2.58 bits per heavy atom. The van der Waals surface area contributed by atoms with Gasteiger partial charge in [0.15, 0.2) is 6.23 Å². The van der Waals surface area contributed by atoms with E-state index in [1.165, 1.54) is 5.56 Å². The first-order valence-electron chi connectivity index (χ1n) is 6.43. The van der Waals surface area contributed by atoms with Crippen molar-refractivity contribution >= 4 is 5.97 Å². The minimum Gasteiger partial charge on any atom is -0.440 e. The van der Waals surface area contributed by atoms with Gasteiger partial charge in [0.05, 0.1) is 0 Å². The summed E-state index contributed by atoms with van der Waals surface area (Å²) in [6, 6.07) is 17.7. The topological polar surface area (TPSA) is 29.5 Å². The van der Waals surface area contributed by atoms with Gasteiger partial charge >= 0.3 is 5.97 Å². The van der Waals surface area contributed by atoms with Gasteiger partial charge in [-0.25, -0.2) is 9.69 Å². The minimum absolute atomic E-state index is 0.147. The molecule has 0 aromatic heterocycles. The van der Waals surface area contributed by atoms with Crippen molar-refractivity contribution in [2.75, 3.05) is 0 Å². The first-order valence-corrected chi connectivity index (χ1v) is 6.43. The Morgan fingerprint density at radius 1 is 1.00 bits per heavy atom.